The molecular weight excluding hydrogens is 432 g/mol. The molecule has 1 aliphatic carbocycles. The molecule has 0 unspecified atom stereocenters. The monoisotopic (exact) mass is 454 g/mol. The van der Waals surface area contributed by atoms with Crippen LogP contribution in [0.4, 0.5) is 0 Å². The summed E-state index contributed by atoms with van der Waals surface area (Å²) in [6.45, 7) is 0. The van der Waals surface area contributed by atoms with Gasteiger partial charge in [-0.05, 0) is 89.0 Å². The molecule has 7 aromatic carbocycles. The Morgan fingerprint density at radius 2 is 0.944 bits per heavy atom. The van der Waals surface area contributed by atoms with Gasteiger partial charge in [0.2, 0.25) is 0 Å². The molecule has 0 aliphatic heterocycles. The van der Waals surface area contributed by atoms with E-state index in [1.54, 1.807) is 0 Å². The van der Waals surface area contributed by atoms with Crippen molar-refractivity contribution in [1.82, 2.24) is 0 Å². The summed E-state index contributed by atoms with van der Waals surface area (Å²) in [6.07, 6.45) is 0. The highest BCUT2D eigenvalue weighted by Crippen LogP contribution is 2.50. The zero-order valence-electron chi connectivity index (χ0n) is 19.7. The van der Waals surface area contributed by atoms with Crippen LogP contribution in [0.25, 0.3) is 76.8 Å². The van der Waals surface area contributed by atoms with Crippen molar-refractivity contribution < 1.29 is 0 Å². The molecule has 0 amide bonds. The molecule has 0 N–H and O–H groups in total. The van der Waals surface area contributed by atoms with E-state index in [0.717, 1.165) is 0 Å². The summed E-state index contributed by atoms with van der Waals surface area (Å²) >= 11 is 0. The minimum absolute atomic E-state index is 1.26. The first kappa shape index (κ1) is 19.6. The lowest BCUT2D eigenvalue weighted by atomic mass is 9.91. The average molecular weight is 455 g/mol. The summed E-state index contributed by atoms with van der Waals surface area (Å²) in [5, 5.41) is 7.90. The highest BCUT2D eigenvalue weighted by molar-refractivity contribution is 6.20. The average Bonchev–Trinajstić information content (AvgIpc) is 3.28. The second-order valence-corrected chi connectivity index (χ2v) is 9.71. The normalized spacial score (nSPS) is 11.9. The Balaban J connectivity index is 1.38. The maximum absolute atomic E-state index is 2.41. The van der Waals surface area contributed by atoms with Gasteiger partial charge in [0.25, 0.3) is 0 Å². The fourth-order valence-electron chi connectivity index (χ4n) is 6.19. The van der Waals surface area contributed by atoms with Gasteiger partial charge in [0.05, 0.1) is 0 Å². The predicted molar refractivity (Wildman–Crippen MR) is 154 cm³/mol. The molecule has 1 aliphatic rings. The largest absolute Gasteiger partial charge is 0.0622 e. The van der Waals surface area contributed by atoms with E-state index in [9.17, 15) is 0 Å². The summed E-state index contributed by atoms with van der Waals surface area (Å²) < 4.78 is 0. The lowest BCUT2D eigenvalue weighted by Crippen LogP contribution is -1.86. The molecule has 8 rings (SSSR count). The van der Waals surface area contributed by atoms with Gasteiger partial charge in [-0.1, -0.05) is 121 Å². The van der Waals surface area contributed by atoms with Gasteiger partial charge in [-0.2, -0.15) is 0 Å². The maximum atomic E-state index is 2.41. The van der Waals surface area contributed by atoms with Gasteiger partial charge in [-0.3, -0.25) is 0 Å². The van der Waals surface area contributed by atoms with Crippen LogP contribution in [0.2, 0.25) is 0 Å². The maximum Gasteiger partial charge on any atom is -0.00201 e. The molecule has 0 fully saturated rings. The summed E-state index contributed by atoms with van der Waals surface area (Å²) in [5.74, 6) is 0. The Hall–Kier alpha value is -4.68. The highest BCUT2D eigenvalue weighted by Gasteiger charge is 2.23. The summed E-state index contributed by atoms with van der Waals surface area (Å²) in [5.41, 5.74) is 10.5. The van der Waals surface area contributed by atoms with Crippen molar-refractivity contribution in [3.63, 3.8) is 0 Å². The molecule has 0 heterocycles. The zero-order valence-corrected chi connectivity index (χ0v) is 19.7. The van der Waals surface area contributed by atoms with E-state index in [4.69, 9.17) is 0 Å². The first-order valence-electron chi connectivity index (χ1n) is 12.5. The third-order valence-electron chi connectivity index (χ3n) is 7.80. The molecule has 0 aromatic heterocycles. The molecule has 0 heteroatoms. The van der Waals surface area contributed by atoms with Crippen molar-refractivity contribution in [3.05, 3.63) is 133 Å². The van der Waals surface area contributed by atoms with Crippen molar-refractivity contribution >= 4 is 32.3 Å². The topological polar surface area (TPSA) is 0 Å². The Labute approximate surface area is 210 Å². The Morgan fingerprint density at radius 3 is 1.83 bits per heavy atom. The summed E-state index contributed by atoms with van der Waals surface area (Å²) in [4.78, 5) is 0. The molecule has 0 radical (unpaired) electrons. The van der Waals surface area contributed by atoms with Crippen molar-refractivity contribution in [2.75, 3.05) is 0 Å². The molecule has 36 heavy (non-hydrogen) atoms. The quantitative estimate of drug-likeness (QED) is 0.228. The van der Waals surface area contributed by atoms with Crippen LogP contribution >= 0.6 is 0 Å². The van der Waals surface area contributed by atoms with E-state index in [1.165, 1.54) is 76.8 Å². The van der Waals surface area contributed by atoms with E-state index in [0.29, 0.717) is 0 Å². The second-order valence-electron chi connectivity index (χ2n) is 9.71. The van der Waals surface area contributed by atoms with Crippen LogP contribution in [0.3, 0.4) is 0 Å². The molecule has 0 atom stereocenters. The first-order valence-corrected chi connectivity index (χ1v) is 12.5. The number of hydrogen-bond acceptors (Lipinski definition) is 0. The van der Waals surface area contributed by atoms with E-state index in [1.807, 2.05) is 0 Å². The number of benzene rings is 7. The van der Waals surface area contributed by atoms with Crippen LogP contribution in [0.5, 0.6) is 0 Å². The molecule has 7 aromatic rings. The van der Waals surface area contributed by atoms with Crippen LogP contribution in [-0.2, 0) is 0 Å². The molecule has 0 saturated heterocycles. The number of fused-ring (bicyclic) bond motifs is 6. The standard InChI is InChI=1S/C36H22/c1-2-9-23(10-3-1)27-19-20-33-35-22-25(17-18-30(35)32-16-8-15-31(27)36(32)33)34-21-24-11-4-5-12-26(24)28-13-6-7-14-29(28)34/h1-22H. The highest BCUT2D eigenvalue weighted by atomic mass is 14.3. The van der Waals surface area contributed by atoms with E-state index in [-0.39, 0.29) is 0 Å². The molecular formula is C36H22. The lowest BCUT2D eigenvalue weighted by Gasteiger charge is -2.13. The smallest absolute Gasteiger partial charge is 0.00201 e. The molecule has 0 bridgehead atoms. The molecule has 0 spiro atoms. The fraction of sp³-hybridized carbons (Fsp3) is 0. The van der Waals surface area contributed by atoms with E-state index >= 15 is 0 Å². The fourth-order valence-corrected chi connectivity index (χ4v) is 6.19. The third-order valence-corrected chi connectivity index (χ3v) is 7.80. The first-order chi connectivity index (χ1) is 17.9. The third kappa shape index (κ3) is 2.70. The van der Waals surface area contributed by atoms with Gasteiger partial charge < -0.3 is 0 Å². The van der Waals surface area contributed by atoms with Crippen LogP contribution in [0.15, 0.2) is 133 Å². The van der Waals surface area contributed by atoms with Crippen LogP contribution in [0, 0.1) is 0 Å². The van der Waals surface area contributed by atoms with Crippen LogP contribution in [0.1, 0.15) is 0 Å². The van der Waals surface area contributed by atoms with Gasteiger partial charge in [0.15, 0.2) is 0 Å². The SMILES string of the molecule is c1ccc(-c2ccc3c4c(cccc24)-c2ccc(-c4cc5ccccc5c5ccccc45)cc2-3)cc1. The Kier molecular flexibility index (Phi) is 4.03. The Bertz CT molecular complexity index is 1980. The van der Waals surface area contributed by atoms with Gasteiger partial charge >= 0.3 is 0 Å². The van der Waals surface area contributed by atoms with Crippen LogP contribution < -0.4 is 0 Å². The lowest BCUT2D eigenvalue weighted by molar-refractivity contribution is 1.65. The van der Waals surface area contributed by atoms with Gasteiger partial charge in [0, 0.05) is 0 Å². The predicted octanol–water partition coefficient (Wildman–Crippen LogP) is 10.1. The minimum Gasteiger partial charge on any atom is -0.0622 e. The summed E-state index contributed by atoms with van der Waals surface area (Å²) in [7, 11) is 0. The van der Waals surface area contributed by atoms with Crippen molar-refractivity contribution in [1.29, 1.82) is 0 Å². The van der Waals surface area contributed by atoms with E-state index in [2.05, 4.69) is 133 Å². The minimum atomic E-state index is 1.26. The van der Waals surface area contributed by atoms with Gasteiger partial charge in [0.1, 0.15) is 0 Å². The Morgan fingerprint density at radius 1 is 0.278 bits per heavy atom. The van der Waals surface area contributed by atoms with Crippen molar-refractivity contribution in [2.24, 2.45) is 0 Å². The second kappa shape index (κ2) is 7.41. The van der Waals surface area contributed by atoms with Crippen LogP contribution in [-0.4, -0.2) is 0 Å². The molecule has 0 nitrogen and oxygen atoms in total. The summed E-state index contributed by atoms with van der Waals surface area (Å²) in [6, 6.07) is 49.0. The molecule has 0 saturated carbocycles. The number of hydrogen-bond donors (Lipinski definition) is 0. The van der Waals surface area contributed by atoms with Gasteiger partial charge in [-0.25, -0.2) is 0 Å². The van der Waals surface area contributed by atoms with Gasteiger partial charge in [-0.15, -0.1) is 0 Å². The number of rotatable bonds is 2. The zero-order chi connectivity index (χ0) is 23.6. The van der Waals surface area contributed by atoms with Crippen molar-refractivity contribution in [3.8, 4) is 44.5 Å². The molecule has 166 valence electrons. The van der Waals surface area contributed by atoms with E-state index < -0.39 is 0 Å². The van der Waals surface area contributed by atoms with Crippen molar-refractivity contribution in [2.45, 2.75) is 0 Å².